The van der Waals surface area contributed by atoms with Crippen LogP contribution in [0.4, 0.5) is 0 Å². The first-order chi connectivity index (χ1) is 8.63. The van der Waals surface area contributed by atoms with Gasteiger partial charge in [-0.2, -0.15) is 0 Å². The first kappa shape index (κ1) is 14.2. The topological polar surface area (TPSA) is 75.4 Å². The van der Waals surface area contributed by atoms with E-state index in [1.807, 2.05) is 30.3 Å². The molecule has 0 spiro atoms. The maximum Gasteiger partial charge on any atom is 0.237 e. The second kappa shape index (κ2) is 7.50. The van der Waals surface area contributed by atoms with Crippen molar-refractivity contribution in [2.45, 2.75) is 6.42 Å². The Balaban J connectivity index is 2.55. The SMILES string of the molecule is [B]NCC(=O)N(CCc1ccccc1)CC(N)=O. The van der Waals surface area contributed by atoms with E-state index in [9.17, 15) is 9.59 Å². The minimum atomic E-state index is -0.534. The van der Waals surface area contributed by atoms with Crippen LogP contribution in [0.1, 0.15) is 5.56 Å². The summed E-state index contributed by atoms with van der Waals surface area (Å²) in [6, 6.07) is 9.71. The van der Waals surface area contributed by atoms with Gasteiger partial charge in [-0.25, -0.2) is 0 Å². The van der Waals surface area contributed by atoms with Gasteiger partial charge in [-0.15, -0.1) is 0 Å². The molecule has 1 aromatic carbocycles. The number of nitrogens with zero attached hydrogens (tertiary/aromatic N) is 1. The van der Waals surface area contributed by atoms with E-state index in [2.05, 4.69) is 5.23 Å². The predicted molar refractivity (Wildman–Crippen MR) is 69.7 cm³/mol. The third-order valence-electron chi connectivity index (χ3n) is 2.47. The van der Waals surface area contributed by atoms with Crippen LogP contribution >= 0.6 is 0 Å². The van der Waals surface area contributed by atoms with Crippen LogP contribution in [0.25, 0.3) is 0 Å². The van der Waals surface area contributed by atoms with Crippen molar-refractivity contribution in [2.24, 2.45) is 5.73 Å². The summed E-state index contributed by atoms with van der Waals surface area (Å²) in [5.41, 5.74) is 6.21. The van der Waals surface area contributed by atoms with Crippen LogP contribution < -0.4 is 11.0 Å². The van der Waals surface area contributed by atoms with Gasteiger partial charge in [0.1, 0.15) is 0 Å². The molecule has 0 atom stereocenters. The molecule has 18 heavy (non-hydrogen) atoms. The molecule has 5 nitrogen and oxygen atoms in total. The van der Waals surface area contributed by atoms with Gasteiger partial charge in [0.05, 0.1) is 13.1 Å². The molecule has 1 aromatic rings. The number of amides is 2. The molecule has 0 aromatic heterocycles. The number of carbonyl (C=O) groups excluding carboxylic acids is 2. The van der Waals surface area contributed by atoms with Crippen LogP contribution in [-0.2, 0) is 16.0 Å². The highest BCUT2D eigenvalue weighted by atomic mass is 16.2. The summed E-state index contributed by atoms with van der Waals surface area (Å²) in [5.74, 6) is -0.777. The molecular formula is C12H16BN3O2. The summed E-state index contributed by atoms with van der Waals surface area (Å²) in [6.07, 6.45) is 0.671. The van der Waals surface area contributed by atoms with E-state index in [0.29, 0.717) is 13.0 Å². The zero-order chi connectivity index (χ0) is 13.4. The lowest BCUT2D eigenvalue weighted by molar-refractivity contribution is -0.134. The van der Waals surface area contributed by atoms with Crippen LogP contribution in [-0.4, -0.2) is 44.3 Å². The largest absolute Gasteiger partial charge is 0.368 e. The Morgan fingerprint density at radius 1 is 1.28 bits per heavy atom. The molecular weight excluding hydrogens is 229 g/mol. The van der Waals surface area contributed by atoms with Crippen molar-refractivity contribution in [3.8, 4) is 0 Å². The molecule has 0 aliphatic heterocycles. The Labute approximate surface area is 108 Å². The first-order valence-electron chi connectivity index (χ1n) is 5.67. The summed E-state index contributed by atoms with van der Waals surface area (Å²) < 4.78 is 0. The van der Waals surface area contributed by atoms with E-state index >= 15 is 0 Å². The third kappa shape index (κ3) is 5.01. The summed E-state index contributed by atoms with van der Waals surface area (Å²) in [5, 5.41) is 2.28. The predicted octanol–water partition coefficient (Wildman–Crippen LogP) is -0.784. The molecule has 0 saturated heterocycles. The summed E-state index contributed by atoms with van der Waals surface area (Å²) >= 11 is 0. The van der Waals surface area contributed by atoms with Crippen molar-refractivity contribution >= 4 is 19.8 Å². The first-order valence-corrected chi connectivity index (χ1v) is 5.67. The van der Waals surface area contributed by atoms with Crippen molar-refractivity contribution < 1.29 is 9.59 Å². The monoisotopic (exact) mass is 245 g/mol. The van der Waals surface area contributed by atoms with Crippen molar-refractivity contribution in [3.63, 3.8) is 0 Å². The third-order valence-corrected chi connectivity index (χ3v) is 2.47. The van der Waals surface area contributed by atoms with Crippen LogP contribution in [0.3, 0.4) is 0 Å². The molecule has 0 unspecified atom stereocenters. The Kier molecular flexibility index (Phi) is 5.94. The molecule has 2 radical (unpaired) electrons. The zero-order valence-electron chi connectivity index (χ0n) is 10.1. The highest BCUT2D eigenvalue weighted by Gasteiger charge is 2.14. The summed E-state index contributed by atoms with van der Waals surface area (Å²) in [4.78, 5) is 24.0. The lowest BCUT2D eigenvalue weighted by atomic mass is 10.1. The van der Waals surface area contributed by atoms with Crippen molar-refractivity contribution in [3.05, 3.63) is 35.9 Å². The number of rotatable bonds is 7. The molecule has 6 heteroatoms. The molecule has 0 aliphatic rings. The van der Waals surface area contributed by atoms with Crippen LogP contribution in [0, 0.1) is 0 Å². The molecule has 3 N–H and O–H groups in total. The molecule has 0 bridgehead atoms. The van der Waals surface area contributed by atoms with E-state index in [1.54, 1.807) is 0 Å². The smallest absolute Gasteiger partial charge is 0.237 e. The van der Waals surface area contributed by atoms with Gasteiger partial charge in [-0.3, -0.25) is 9.59 Å². The summed E-state index contributed by atoms with van der Waals surface area (Å²) in [7, 11) is 5.09. The molecule has 2 amide bonds. The van der Waals surface area contributed by atoms with Crippen LogP contribution in [0.2, 0.25) is 0 Å². The average Bonchev–Trinajstić information content (AvgIpc) is 2.35. The van der Waals surface area contributed by atoms with Gasteiger partial charge in [0.25, 0.3) is 0 Å². The van der Waals surface area contributed by atoms with Gasteiger partial charge in [0.15, 0.2) is 7.98 Å². The highest BCUT2D eigenvalue weighted by Crippen LogP contribution is 2.01. The fraction of sp³-hybridized carbons (Fsp3) is 0.333. The fourth-order valence-corrected chi connectivity index (χ4v) is 1.59. The standard InChI is InChI=1S/C12H16BN3O2/c13-15-8-12(18)16(9-11(14)17)7-6-10-4-2-1-3-5-10/h1-5,15H,6-9H2,(H2,14,17). The van der Waals surface area contributed by atoms with Gasteiger partial charge in [0.2, 0.25) is 11.8 Å². The zero-order valence-corrected chi connectivity index (χ0v) is 10.1. The second-order valence-corrected chi connectivity index (χ2v) is 3.90. The van der Waals surface area contributed by atoms with E-state index in [-0.39, 0.29) is 19.0 Å². The molecule has 94 valence electrons. The number of primary amides is 1. The van der Waals surface area contributed by atoms with E-state index in [4.69, 9.17) is 13.7 Å². The number of nitrogens with two attached hydrogens (primary N) is 1. The number of nitrogens with one attached hydrogen (secondary N) is 1. The minimum Gasteiger partial charge on any atom is -0.368 e. The molecule has 0 aliphatic carbocycles. The Bertz CT molecular complexity index is 398. The summed E-state index contributed by atoms with van der Waals surface area (Å²) in [6.45, 7) is 0.336. The van der Waals surface area contributed by atoms with Crippen molar-refractivity contribution in [1.82, 2.24) is 10.1 Å². The number of carbonyl (C=O) groups is 2. The fourth-order valence-electron chi connectivity index (χ4n) is 1.59. The van der Waals surface area contributed by atoms with Gasteiger partial charge in [0, 0.05) is 6.54 Å². The lowest BCUT2D eigenvalue weighted by Gasteiger charge is -2.21. The molecule has 0 saturated carbocycles. The maximum absolute atomic E-state index is 11.7. The van der Waals surface area contributed by atoms with Gasteiger partial charge in [-0.1, -0.05) is 30.3 Å². The Morgan fingerprint density at radius 3 is 2.50 bits per heavy atom. The maximum atomic E-state index is 11.7. The quantitative estimate of drug-likeness (QED) is 0.618. The number of hydrogen-bond donors (Lipinski definition) is 2. The number of hydrogen-bond acceptors (Lipinski definition) is 3. The Morgan fingerprint density at radius 2 is 1.94 bits per heavy atom. The normalized spacial score (nSPS) is 10.0. The van der Waals surface area contributed by atoms with Crippen molar-refractivity contribution in [1.29, 1.82) is 0 Å². The molecule has 0 heterocycles. The Hall–Kier alpha value is -1.82. The van der Waals surface area contributed by atoms with Gasteiger partial charge >= 0.3 is 0 Å². The highest BCUT2D eigenvalue weighted by molar-refractivity contribution is 6.06. The second-order valence-electron chi connectivity index (χ2n) is 3.90. The van der Waals surface area contributed by atoms with E-state index < -0.39 is 5.91 Å². The van der Waals surface area contributed by atoms with Gasteiger partial charge < -0.3 is 15.9 Å². The van der Waals surface area contributed by atoms with Crippen molar-refractivity contribution in [2.75, 3.05) is 19.6 Å². The van der Waals surface area contributed by atoms with Crippen LogP contribution in [0.15, 0.2) is 30.3 Å². The number of benzene rings is 1. The lowest BCUT2D eigenvalue weighted by Crippen LogP contribution is -2.43. The van der Waals surface area contributed by atoms with E-state index in [0.717, 1.165) is 5.56 Å². The molecule has 0 fully saturated rings. The van der Waals surface area contributed by atoms with Crippen LogP contribution in [0.5, 0.6) is 0 Å². The molecule has 1 rings (SSSR count). The van der Waals surface area contributed by atoms with Gasteiger partial charge in [-0.05, 0) is 12.0 Å². The van der Waals surface area contributed by atoms with E-state index in [1.165, 1.54) is 4.90 Å². The average molecular weight is 245 g/mol. The minimum absolute atomic E-state index is 0.0118.